The van der Waals surface area contributed by atoms with Gasteiger partial charge in [-0.25, -0.2) is 4.79 Å². The molecule has 5 heteroatoms. The first-order chi connectivity index (χ1) is 12.2. The van der Waals surface area contributed by atoms with Crippen LogP contribution in [-0.2, 0) is 0 Å². The summed E-state index contributed by atoms with van der Waals surface area (Å²) in [5.74, 6) is 0.260. The van der Waals surface area contributed by atoms with E-state index < -0.39 is 5.97 Å². The highest BCUT2D eigenvalue weighted by atomic mass is 16.5. The van der Waals surface area contributed by atoms with E-state index in [1.807, 2.05) is 42.5 Å². The molecule has 0 bridgehead atoms. The van der Waals surface area contributed by atoms with Gasteiger partial charge in [0.25, 0.3) is 0 Å². The number of hydrogen-bond acceptors (Lipinski definition) is 4. The Hall–Kier alpha value is -3.21. The Labute approximate surface area is 145 Å². The molecular weight excluding hydrogens is 320 g/mol. The SMILES string of the molecule is COc1cccc(C(=O)O)c1OCCOc1ccc2ccccc2c1. The number of hydrogen-bond donors (Lipinski definition) is 1. The van der Waals surface area contributed by atoms with Crippen LogP contribution in [0.3, 0.4) is 0 Å². The van der Waals surface area contributed by atoms with Gasteiger partial charge in [0.1, 0.15) is 24.5 Å². The van der Waals surface area contributed by atoms with Crippen molar-refractivity contribution in [2.24, 2.45) is 0 Å². The van der Waals surface area contributed by atoms with E-state index in [0.29, 0.717) is 5.75 Å². The summed E-state index contributed by atoms with van der Waals surface area (Å²) in [5, 5.41) is 11.5. The minimum Gasteiger partial charge on any atom is -0.493 e. The molecule has 0 heterocycles. The second kappa shape index (κ2) is 7.57. The molecule has 0 amide bonds. The van der Waals surface area contributed by atoms with Gasteiger partial charge in [0.2, 0.25) is 0 Å². The minimum atomic E-state index is -1.07. The highest BCUT2D eigenvalue weighted by Crippen LogP contribution is 2.31. The van der Waals surface area contributed by atoms with Crippen molar-refractivity contribution < 1.29 is 24.1 Å². The van der Waals surface area contributed by atoms with Crippen molar-refractivity contribution >= 4 is 16.7 Å². The molecule has 0 spiro atoms. The standard InChI is InChI=1S/C20H18O5/c1-23-18-8-4-7-17(20(21)22)19(18)25-12-11-24-16-10-9-14-5-2-3-6-15(14)13-16/h2-10,13H,11-12H2,1H3,(H,21,22). The largest absolute Gasteiger partial charge is 0.493 e. The fraction of sp³-hybridized carbons (Fsp3) is 0.150. The molecule has 0 aliphatic rings. The van der Waals surface area contributed by atoms with Crippen LogP contribution in [0.4, 0.5) is 0 Å². The molecule has 0 unspecified atom stereocenters. The van der Waals surface area contributed by atoms with Gasteiger partial charge in [0.05, 0.1) is 7.11 Å². The van der Waals surface area contributed by atoms with Crippen molar-refractivity contribution in [3.8, 4) is 17.2 Å². The summed E-state index contributed by atoms with van der Waals surface area (Å²) < 4.78 is 16.5. The molecule has 0 saturated carbocycles. The summed E-state index contributed by atoms with van der Waals surface area (Å²) in [7, 11) is 1.47. The number of benzene rings is 3. The Kier molecular flexibility index (Phi) is 5.04. The molecular formula is C20H18O5. The van der Waals surface area contributed by atoms with Crippen LogP contribution in [0.1, 0.15) is 10.4 Å². The molecule has 0 atom stereocenters. The number of rotatable bonds is 7. The first-order valence-electron chi connectivity index (χ1n) is 7.84. The third-order valence-electron chi connectivity index (χ3n) is 3.75. The second-order valence-electron chi connectivity index (χ2n) is 5.35. The molecule has 3 aromatic carbocycles. The Morgan fingerprint density at radius 2 is 1.68 bits per heavy atom. The zero-order valence-electron chi connectivity index (χ0n) is 13.8. The van der Waals surface area contributed by atoms with Crippen LogP contribution in [0.25, 0.3) is 10.8 Å². The smallest absolute Gasteiger partial charge is 0.339 e. The first kappa shape index (κ1) is 16.6. The van der Waals surface area contributed by atoms with Gasteiger partial charge in [-0.05, 0) is 35.0 Å². The fourth-order valence-electron chi connectivity index (χ4n) is 2.55. The third kappa shape index (κ3) is 3.83. The average Bonchev–Trinajstić information content (AvgIpc) is 2.64. The van der Waals surface area contributed by atoms with Gasteiger partial charge in [-0.3, -0.25) is 0 Å². The summed E-state index contributed by atoms with van der Waals surface area (Å²) >= 11 is 0. The van der Waals surface area contributed by atoms with Crippen LogP contribution in [-0.4, -0.2) is 31.4 Å². The summed E-state index contributed by atoms with van der Waals surface area (Å²) in [6, 6.07) is 18.6. The number of carboxylic acid groups (broad SMARTS) is 1. The zero-order valence-corrected chi connectivity index (χ0v) is 13.8. The number of aromatic carboxylic acids is 1. The van der Waals surface area contributed by atoms with Crippen molar-refractivity contribution in [1.29, 1.82) is 0 Å². The predicted molar refractivity (Wildman–Crippen MR) is 94.9 cm³/mol. The quantitative estimate of drug-likeness (QED) is 0.660. The molecule has 5 nitrogen and oxygen atoms in total. The van der Waals surface area contributed by atoms with Crippen LogP contribution < -0.4 is 14.2 Å². The third-order valence-corrected chi connectivity index (χ3v) is 3.75. The number of carboxylic acids is 1. The lowest BCUT2D eigenvalue weighted by molar-refractivity contribution is 0.0690. The minimum absolute atomic E-state index is 0.0602. The summed E-state index contributed by atoms with van der Waals surface area (Å²) in [6.45, 7) is 0.489. The highest BCUT2D eigenvalue weighted by Gasteiger charge is 2.16. The van der Waals surface area contributed by atoms with Crippen LogP contribution in [0.5, 0.6) is 17.2 Å². The van der Waals surface area contributed by atoms with Crippen molar-refractivity contribution in [2.75, 3.05) is 20.3 Å². The maximum Gasteiger partial charge on any atom is 0.339 e. The average molecular weight is 338 g/mol. The van der Waals surface area contributed by atoms with Gasteiger partial charge < -0.3 is 19.3 Å². The van der Waals surface area contributed by atoms with E-state index in [2.05, 4.69) is 0 Å². The lowest BCUT2D eigenvalue weighted by atomic mass is 10.1. The number of carbonyl (C=O) groups is 1. The number of ether oxygens (including phenoxy) is 3. The zero-order chi connectivity index (χ0) is 17.6. The highest BCUT2D eigenvalue weighted by molar-refractivity contribution is 5.92. The molecule has 3 aromatic rings. The molecule has 0 saturated heterocycles. The van der Waals surface area contributed by atoms with Crippen LogP contribution in [0.15, 0.2) is 60.7 Å². The number of fused-ring (bicyclic) bond motifs is 1. The Morgan fingerprint density at radius 1 is 0.920 bits per heavy atom. The molecule has 0 aliphatic heterocycles. The molecule has 0 radical (unpaired) electrons. The number of para-hydroxylation sites is 1. The van der Waals surface area contributed by atoms with E-state index in [4.69, 9.17) is 14.2 Å². The number of methoxy groups -OCH3 is 1. The second-order valence-corrected chi connectivity index (χ2v) is 5.35. The van der Waals surface area contributed by atoms with E-state index in [-0.39, 0.29) is 24.5 Å². The Balaban J connectivity index is 1.64. The lowest BCUT2D eigenvalue weighted by Gasteiger charge is -2.13. The molecule has 25 heavy (non-hydrogen) atoms. The van der Waals surface area contributed by atoms with Crippen molar-refractivity contribution in [3.05, 3.63) is 66.2 Å². The molecule has 0 aromatic heterocycles. The van der Waals surface area contributed by atoms with Gasteiger partial charge in [-0.1, -0.05) is 36.4 Å². The predicted octanol–water partition coefficient (Wildman–Crippen LogP) is 4.00. The van der Waals surface area contributed by atoms with E-state index in [9.17, 15) is 9.90 Å². The van der Waals surface area contributed by atoms with Crippen LogP contribution in [0.2, 0.25) is 0 Å². The van der Waals surface area contributed by atoms with Crippen molar-refractivity contribution in [2.45, 2.75) is 0 Å². The molecule has 0 aliphatic carbocycles. The van der Waals surface area contributed by atoms with E-state index in [1.54, 1.807) is 12.1 Å². The molecule has 128 valence electrons. The van der Waals surface area contributed by atoms with E-state index >= 15 is 0 Å². The van der Waals surface area contributed by atoms with Gasteiger partial charge in [0.15, 0.2) is 11.5 Å². The monoisotopic (exact) mass is 338 g/mol. The maximum absolute atomic E-state index is 11.3. The summed E-state index contributed by atoms with van der Waals surface area (Å²) in [6.07, 6.45) is 0. The summed E-state index contributed by atoms with van der Waals surface area (Å²) in [5.41, 5.74) is 0.0602. The van der Waals surface area contributed by atoms with Crippen molar-refractivity contribution in [3.63, 3.8) is 0 Å². The van der Waals surface area contributed by atoms with Gasteiger partial charge in [-0.2, -0.15) is 0 Å². The molecule has 1 N–H and O–H groups in total. The Morgan fingerprint density at radius 3 is 2.44 bits per heavy atom. The van der Waals surface area contributed by atoms with Gasteiger partial charge in [0, 0.05) is 0 Å². The summed E-state index contributed by atoms with van der Waals surface area (Å²) in [4.78, 5) is 11.3. The van der Waals surface area contributed by atoms with Gasteiger partial charge in [-0.15, -0.1) is 0 Å². The first-order valence-corrected chi connectivity index (χ1v) is 7.84. The van der Waals surface area contributed by atoms with E-state index in [1.165, 1.54) is 13.2 Å². The molecule has 0 fully saturated rings. The van der Waals surface area contributed by atoms with Crippen LogP contribution >= 0.6 is 0 Å². The van der Waals surface area contributed by atoms with Crippen molar-refractivity contribution in [1.82, 2.24) is 0 Å². The Bertz CT molecular complexity index is 888. The van der Waals surface area contributed by atoms with E-state index in [0.717, 1.165) is 16.5 Å². The van der Waals surface area contributed by atoms with Crippen LogP contribution in [0, 0.1) is 0 Å². The maximum atomic E-state index is 11.3. The topological polar surface area (TPSA) is 65.0 Å². The lowest BCUT2D eigenvalue weighted by Crippen LogP contribution is -2.12. The normalized spacial score (nSPS) is 10.4. The van der Waals surface area contributed by atoms with Gasteiger partial charge >= 0.3 is 5.97 Å². The fourth-order valence-corrected chi connectivity index (χ4v) is 2.55. The molecule has 3 rings (SSSR count).